The third-order valence-electron chi connectivity index (χ3n) is 2.64. The molecule has 0 aliphatic rings. The van der Waals surface area contributed by atoms with E-state index in [0.717, 1.165) is 0 Å². The highest BCUT2D eigenvalue weighted by molar-refractivity contribution is 5.97. The fourth-order valence-electron chi connectivity index (χ4n) is 1.58. The first-order chi connectivity index (χ1) is 9.49. The standard InChI is InChI=1S/C12H17F2N3O3/c1-20-10-3-2-7(12(15)17-19)4-8(10)5-16-6-9(18)11(13)14/h2-4,9,11,16,18-19H,5-6H2,1H3,(H2,15,17). The maximum atomic E-state index is 12.1. The van der Waals surface area contributed by atoms with Crippen molar-refractivity contribution in [3.05, 3.63) is 29.3 Å². The molecule has 5 N–H and O–H groups in total. The average molecular weight is 289 g/mol. The van der Waals surface area contributed by atoms with Gasteiger partial charge in [0.25, 0.3) is 6.43 Å². The minimum Gasteiger partial charge on any atom is -0.496 e. The number of hydrogen-bond donors (Lipinski definition) is 4. The number of hydrogen-bond acceptors (Lipinski definition) is 5. The van der Waals surface area contributed by atoms with Gasteiger partial charge in [0.1, 0.15) is 11.9 Å². The van der Waals surface area contributed by atoms with Crippen LogP contribution in [0.4, 0.5) is 8.78 Å². The molecule has 0 saturated heterocycles. The van der Waals surface area contributed by atoms with E-state index < -0.39 is 12.5 Å². The van der Waals surface area contributed by atoms with E-state index in [1.165, 1.54) is 7.11 Å². The van der Waals surface area contributed by atoms with Crippen LogP contribution in [0.3, 0.4) is 0 Å². The van der Waals surface area contributed by atoms with E-state index in [-0.39, 0.29) is 18.9 Å². The van der Waals surface area contributed by atoms with Crippen molar-refractivity contribution in [2.45, 2.75) is 19.1 Å². The van der Waals surface area contributed by atoms with Crippen LogP contribution in [-0.2, 0) is 6.54 Å². The molecule has 1 unspecified atom stereocenters. The number of nitrogens with zero attached hydrogens (tertiary/aromatic N) is 1. The Morgan fingerprint density at radius 3 is 2.75 bits per heavy atom. The molecule has 0 bridgehead atoms. The summed E-state index contributed by atoms with van der Waals surface area (Å²) in [7, 11) is 1.47. The molecule has 1 atom stereocenters. The number of ether oxygens (including phenoxy) is 1. The molecule has 1 rings (SSSR count). The van der Waals surface area contributed by atoms with Crippen molar-refractivity contribution in [1.82, 2.24) is 5.32 Å². The van der Waals surface area contributed by atoms with Crippen molar-refractivity contribution in [1.29, 1.82) is 0 Å². The van der Waals surface area contributed by atoms with Crippen molar-refractivity contribution in [2.75, 3.05) is 13.7 Å². The number of halogens is 2. The van der Waals surface area contributed by atoms with Crippen LogP contribution >= 0.6 is 0 Å². The van der Waals surface area contributed by atoms with Gasteiger partial charge in [0, 0.05) is 24.2 Å². The van der Waals surface area contributed by atoms with E-state index in [9.17, 15) is 8.78 Å². The number of alkyl halides is 2. The quantitative estimate of drug-likeness (QED) is 0.253. The van der Waals surface area contributed by atoms with Gasteiger partial charge >= 0.3 is 0 Å². The average Bonchev–Trinajstić information content (AvgIpc) is 2.45. The highest BCUT2D eigenvalue weighted by Gasteiger charge is 2.16. The summed E-state index contributed by atoms with van der Waals surface area (Å²) in [5.41, 5.74) is 6.58. The van der Waals surface area contributed by atoms with Crippen LogP contribution in [0.2, 0.25) is 0 Å². The van der Waals surface area contributed by atoms with Gasteiger partial charge in [-0.05, 0) is 18.2 Å². The van der Waals surface area contributed by atoms with E-state index in [1.807, 2.05) is 0 Å². The van der Waals surface area contributed by atoms with Crippen molar-refractivity contribution in [3.8, 4) is 5.75 Å². The minimum absolute atomic E-state index is 0.0680. The first kappa shape index (κ1) is 16.1. The van der Waals surface area contributed by atoms with Crippen LogP contribution in [-0.4, -0.2) is 42.3 Å². The lowest BCUT2D eigenvalue weighted by atomic mass is 10.1. The summed E-state index contributed by atoms with van der Waals surface area (Å²) in [6, 6.07) is 4.83. The van der Waals surface area contributed by atoms with Crippen molar-refractivity contribution >= 4 is 5.84 Å². The second-order valence-corrected chi connectivity index (χ2v) is 4.04. The zero-order valence-electron chi connectivity index (χ0n) is 10.9. The van der Waals surface area contributed by atoms with E-state index in [0.29, 0.717) is 16.9 Å². The highest BCUT2D eigenvalue weighted by Crippen LogP contribution is 2.19. The predicted octanol–water partition coefficient (Wildman–Crippen LogP) is 0.505. The van der Waals surface area contributed by atoms with Crippen LogP contribution in [0.15, 0.2) is 23.4 Å². The Hall–Kier alpha value is -1.93. The largest absolute Gasteiger partial charge is 0.496 e. The Labute approximate surface area is 114 Å². The van der Waals surface area contributed by atoms with E-state index >= 15 is 0 Å². The molecule has 0 aliphatic carbocycles. The zero-order valence-corrected chi connectivity index (χ0v) is 10.9. The Morgan fingerprint density at radius 1 is 1.50 bits per heavy atom. The number of aliphatic hydroxyl groups is 1. The molecule has 112 valence electrons. The molecular formula is C12H17F2N3O3. The number of oxime groups is 1. The minimum atomic E-state index is -2.80. The number of aliphatic hydroxyl groups excluding tert-OH is 1. The molecule has 0 saturated carbocycles. The number of rotatable bonds is 7. The first-order valence-corrected chi connectivity index (χ1v) is 5.81. The summed E-state index contributed by atoms with van der Waals surface area (Å²) in [6.45, 7) is -0.0614. The summed E-state index contributed by atoms with van der Waals surface area (Å²) in [5.74, 6) is 0.458. The molecule has 6 nitrogen and oxygen atoms in total. The smallest absolute Gasteiger partial charge is 0.265 e. The topological polar surface area (TPSA) is 100 Å². The molecule has 0 spiro atoms. The van der Waals surface area contributed by atoms with Crippen LogP contribution in [0.1, 0.15) is 11.1 Å². The molecule has 20 heavy (non-hydrogen) atoms. The summed E-state index contributed by atoms with van der Waals surface area (Å²) >= 11 is 0. The molecule has 0 heterocycles. The summed E-state index contributed by atoms with van der Waals surface area (Å²) in [5, 5.41) is 23.2. The van der Waals surface area contributed by atoms with Crippen LogP contribution in [0.25, 0.3) is 0 Å². The second-order valence-electron chi connectivity index (χ2n) is 4.04. The number of nitrogens with one attached hydrogen (secondary N) is 1. The summed E-state index contributed by atoms with van der Waals surface area (Å²) in [4.78, 5) is 0. The lowest BCUT2D eigenvalue weighted by molar-refractivity contribution is -0.00342. The first-order valence-electron chi connectivity index (χ1n) is 5.81. The Kier molecular flexibility index (Phi) is 6.13. The number of methoxy groups -OCH3 is 1. The van der Waals surface area contributed by atoms with Gasteiger partial charge in [0.2, 0.25) is 0 Å². The van der Waals surface area contributed by atoms with Crippen molar-refractivity contribution in [3.63, 3.8) is 0 Å². The number of nitrogens with two attached hydrogens (primary N) is 1. The summed E-state index contributed by atoms with van der Waals surface area (Å²) < 4.78 is 29.4. The maximum absolute atomic E-state index is 12.1. The molecule has 0 aromatic heterocycles. The molecule has 1 aromatic carbocycles. The molecular weight excluding hydrogens is 272 g/mol. The Morgan fingerprint density at radius 2 is 2.20 bits per heavy atom. The van der Waals surface area contributed by atoms with Gasteiger partial charge < -0.3 is 26.1 Å². The molecule has 0 fully saturated rings. The highest BCUT2D eigenvalue weighted by atomic mass is 19.3. The normalized spacial score (nSPS) is 13.6. The molecule has 8 heteroatoms. The molecule has 0 aliphatic heterocycles. The van der Waals surface area contributed by atoms with Crippen LogP contribution < -0.4 is 15.8 Å². The third kappa shape index (κ3) is 4.32. The van der Waals surface area contributed by atoms with E-state index in [2.05, 4.69) is 10.5 Å². The lowest BCUT2D eigenvalue weighted by Crippen LogP contribution is -2.31. The van der Waals surface area contributed by atoms with Crippen LogP contribution in [0.5, 0.6) is 5.75 Å². The van der Waals surface area contributed by atoms with Gasteiger partial charge in [-0.1, -0.05) is 5.16 Å². The van der Waals surface area contributed by atoms with Gasteiger partial charge in [-0.2, -0.15) is 0 Å². The SMILES string of the molecule is COc1ccc(/C(N)=N/O)cc1CNCC(O)C(F)F. The fourth-order valence-corrected chi connectivity index (χ4v) is 1.58. The molecule has 0 amide bonds. The predicted molar refractivity (Wildman–Crippen MR) is 69.2 cm³/mol. The number of amidine groups is 1. The van der Waals surface area contributed by atoms with Gasteiger partial charge in [-0.3, -0.25) is 0 Å². The Bertz CT molecular complexity index is 469. The monoisotopic (exact) mass is 289 g/mol. The van der Waals surface area contributed by atoms with Crippen molar-refractivity contribution in [2.24, 2.45) is 10.9 Å². The van der Waals surface area contributed by atoms with Crippen LogP contribution in [0, 0.1) is 0 Å². The van der Waals surface area contributed by atoms with Gasteiger partial charge in [0.15, 0.2) is 5.84 Å². The lowest BCUT2D eigenvalue weighted by Gasteiger charge is -2.13. The van der Waals surface area contributed by atoms with Gasteiger partial charge in [-0.15, -0.1) is 0 Å². The Balaban J connectivity index is 2.76. The van der Waals surface area contributed by atoms with Gasteiger partial charge in [-0.25, -0.2) is 8.78 Å². The van der Waals surface area contributed by atoms with Gasteiger partial charge in [0.05, 0.1) is 7.11 Å². The van der Waals surface area contributed by atoms with E-state index in [4.69, 9.17) is 20.8 Å². The fraction of sp³-hybridized carbons (Fsp3) is 0.417. The van der Waals surface area contributed by atoms with Crippen molar-refractivity contribution < 1.29 is 23.8 Å². The summed E-state index contributed by atoms with van der Waals surface area (Å²) in [6.07, 6.45) is -4.53. The second kappa shape index (κ2) is 7.61. The molecule has 0 radical (unpaired) electrons. The third-order valence-corrected chi connectivity index (χ3v) is 2.64. The number of benzene rings is 1. The van der Waals surface area contributed by atoms with E-state index in [1.54, 1.807) is 18.2 Å². The maximum Gasteiger partial charge on any atom is 0.265 e. The molecule has 1 aromatic rings. The zero-order chi connectivity index (χ0) is 15.1.